The smallest absolute Gasteiger partial charge is 0.270 e. The van der Waals surface area contributed by atoms with Crippen LogP contribution < -0.4 is 0 Å². The molecule has 0 bridgehead atoms. The highest BCUT2D eigenvalue weighted by Gasteiger charge is 2.26. The number of aromatic nitrogens is 1. The highest BCUT2D eigenvalue weighted by molar-refractivity contribution is 9.10. The Morgan fingerprint density at radius 1 is 1.72 bits per heavy atom. The second-order valence-electron chi connectivity index (χ2n) is 4.07. The Morgan fingerprint density at radius 2 is 2.50 bits per heavy atom. The van der Waals surface area contributed by atoms with E-state index in [-0.39, 0.29) is 5.91 Å². The van der Waals surface area contributed by atoms with Gasteiger partial charge in [0, 0.05) is 23.8 Å². The van der Waals surface area contributed by atoms with E-state index in [9.17, 15) is 4.79 Å². The van der Waals surface area contributed by atoms with Crippen LogP contribution in [0.1, 0.15) is 17.4 Å². The van der Waals surface area contributed by atoms with E-state index in [2.05, 4.69) is 15.9 Å². The Kier molecular flexibility index (Phi) is 4.04. The highest BCUT2D eigenvalue weighted by Crippen LogP contribution is 2.18. The number of hydrogen-bond acceptors (Lipinski definition) is 3. The van der Waals surface area contributed by atoms with Crippen LogP contribution in [0.15, 0.2) is 16.7 Å². The molecular weight excluding hydrogens is 298 g/mol. The predicted molar refractivity (Wildman–Crippen MR) is 69.1 cm³/mol. The zero-order valence-electron chi connectivity index (χ0n) is 10.1. The molecule has 1 atom stereocenters. The third kappa shape index (κ3) is 2.57. The second-order valence-corrected chi connectivity index (χ2v) is 4.98. The van der Waals surface area contributed by atoms with E-state index in [1.807, 2.05) is 29.8 Å². The number of rotatable bonds is 2. The van der Waals surface area contributed by atoms with Crippen LogP contribution in [-0.2, 0) is 11.3 Å². The average Bonchev–Trinajstić information content (AvgIpc) is 2.79. The van der Waals surface area contributed by atoms with Gasteiger partial charge in [0.1, 0.15) is 5.69 Å². The molecule has 0 spiro atoms. The molecule has 0 aliphatic carbocycles. The lowest BCUT2D eigenvalue weighted by molar-refractivity contribution is 0.00299. The third-order valence-electron chi connectivity index (χ3n) is 2.92. The van der Waals surface area contributed by atoms with Crippen molar-refractivity contribution in [3.05, 3.63) is 22.4 Å². The van der Waals surface area contributed by atoms with E-state index >= 15 is 0 Å². The summed E-state index contributed by atoms with van der Waals surface area (Å²) >= 11 is 3.37. The van der Waals surface area contributed by atoms with Crippen LogP contribution in [-0.4, -0.2) is 41.2 Å². The van der Waals surface area contributed by atoms with Crippen LogP contribution in [0, 0.1) is 11.3 Å². The number of ether oxygens (including phenoxy) is 1. The molecule has 1 aliphatic heterocycles. The van der Waals surface area contributed by atoms with Crippen molar-refractivity contribution in [2.75, 3.05) is 19.7 Å². The molecule has 5 nitrogen and oxygen atoms in total. The Hall–Kier alpha value is -1.32. The molecule has 0 N–H and O–H groups in total. The van der Waals surface area contributed by atoms with Gasteiger partial charge in [0.05, 0.1) is 19.2 Å². The van der Waals surface area contributed by atoms with Gasteiger partial charge in [-0.15, -0.1) is 0 Å². The number of carbonyl (C=O) groups excluding carboxylic acids is 1. The number of amides is 1. The quantitative estimate of drug-likeness (QED) is 0.834. The molecule has 0 aromatic carbocycles. The molecule has 1 aromatic heterocycles. The molecule has 2 heterocycles. The van der Waals surface area contributed by atoms with Gasteiger partial charge in [-0.1, -0.05) is 0 Å². The summed E-state index contributed by atoms with van der Waals surface area (Å²) in [7, 11) is 0. The van der Waals surface area contributed by atoms with Gasteiger partial charge >= 0.3 is 0 Å². The zero-order chi connectivity index (χ0) is 13.1. The summed E-state index contributed by atoms with van der Waals surface area (Å²) in [4.78, 5) is 14.0. The monoisotopic (exact) mass is 311 g/mol. The summed E-state index contributed by atoms with van der Waals surface area (Å²) in [6.45, 7) is 4.00. The van der Waals surface area contributed by atoms with Crippen molar-refractivity contribution >= 4 is 21.8 Å². The van der Waals surface area contributed by atoms with E-state index in [1.165, 1.54) is 0 Å². The summed E-state index contributed by atoms with van der Waals surface area (Å²) in [6, 6.07) is 3.85. The van der Waals surface area contributed by atoms with E-state index in [4.69, 9.17) is 10.00 Å². The first-order chi connectivity index (χ1) is 8.65. The number of hydrogen-bond donors (Lipinski definition) is 0. The minimum absolute atomic E-state index is 0.0499. The van der Waals surface area contributed by atoms with Gasteiger partial charge < -0.3 is 14.2 Å². The number of nitrogens with zero attached hydrogens (tertiary/aromatic N) is 3. The minimum atomic E-state index is -0.517. The molecule has 0 saturated carbocycles. The van der Waals surface area contributed by atoms with Crippen molar-refractivity contribution in [1.82, 2.24) is 9.47 Å². The van der Waals surface area contributed by atoms with Crippen LogP contribution in [0.3, 0.4) is 0 Å². The second kappa shape index (κ2) is 5.55. The lowest BCUT2D eigenvalue weighted by Gasteiger charge is -2.29. The maximum Gasteiger partial charge on any atom is 0.270 e. The summed E-state index contributed by atoms with van der Waals surface area (Å²) in [6.07, 6.45) is 1.37. The number of carbonyl (C=O) groups is 1. The predicted octanol–water partition coefficient (Wildman–Crippen LogP) is 1.64. The number of nitriles is 1. The van der Waals surface area contributed by atoms with Crippen molar-refractivity contribution < 1.29 is 9.53 Å². The number of morpholine rings is 1. The van der Waals surface area contributed by atoms with E-state index in [0.717, 1.165) is 11.0 Å². The average molecular weight is 312 g/mol. The van der Waals surface area contributed by atoms with Gasteiger partial charge in [0.25, 0.3) is 5.91 Å². The number of aryl methyl sites for hydroxylation is 1. The van der Waals surface area contributed by atoms with Crippen molar-refractivity contribution in [2.45, 2.75) is 19.6 Å². The lowest BCUT2D eigenvalue weighted by Crippen LogP contribution is -2.45. The molecule has 1 amide bonds. The minimum Gasteiger partial charge on any atom is -0.360 e. The van der Waals surface area contributed by atoms with Crippen LogP contribution in [0.2, 0.25) is 0 Å². The maximum absolute atomic E-state index is 12.4. The van der Waals surface area contributed by atoms with Gasteiger partial charge in [-0.25, -0.2) is 0 Å². The first-order valence-corrected chi connectivity index (χ1v) is 6.61. The van der Waals surface area contributed by atoms with Gasteiger partial charge in [-0.2, -0.15) is 5.26 Å². The van der Waals surface area contributed by atoms with Gasteiger partial charge in [-0.3, -0.25) is 4.79 Å². The van der Waals surface area contributed by atoms with Crippen molar-refractivity contribution in [3.8, 4) is 6.07 Å². The number of halogens is 1. The molecule has 0 radical (unpaired) electrons. The van der Waals surface area contributed by atoms with Crippen molar-refractivity contribution in [1.29, 1.82) is 5.26 Å². The molecule has 1 unspecified atom stereocenters. The summed E-state index contributed by atoms with van der Waals surface area (Å²) in [5.74, 6) is -0.0499. The Labute approximate surface area is 114 Å². The fourth-order valence-electron chi connectivity index (χ4n) is 1.99. The lowest BCUT2D eigenvalue weighted by atomic mass is 10.2. The normalized spacial score (nSPS) is 19.6. The molecule has 1 saturated heterocycles. The molecule has 1 aliphatic rings. The molecule has 2 rings (SSSR count). The third-order valence-corrected chi connectivity index (χ3v) is 3.35. The molecule has 1 aromatic rings. The Morgan fingerprint density at radius 3 is 3.17 bits per heavy atom. The van der Waals surface area contributed by atoms with Crippen LogP contribution in [0.5, 0.6) is 0 Å². The molecular formula is C12H14BrN3O2. The van der Waals surface area contributed by atoms with Crippen LogP contribution in [0.25, 0.3) is 0 Å². The topological polar surface area (TPSA) is 58.3 Å². The van der Waals surface area contributed by atoms with Crippen LogP contribution in [0.4, 0.5) is 0 Å². The van der Waals surface area contributed by atoms with Crippen LogP contribution >= 0.6 is 15.9 Å². The molecule has 6 heteroatoms. The first kappa shape index (κ1) is 13.1. The Balaban J connectivity index is 2.18. The van der Waals surface area contributed by atoms with Gasteiger partial charge in [-0.05, 0) is 28.9 Å². The summed E-state index contributed by atoms with van der Waals surface area (Å²) < 4.78 is 8.01. The molecule has 96 valence electrons. The van der Waals surface area contributed by atoms with Gasteiger partial charge in [0.2, 0.25) is 0 Å². The first-order valence-electron chi connectivity index (χ1n) is 5.82. The van der Waals surface area contributed by atoms with Gasteiger partial charge in [0.15, 0.2) is 6.10 Å². The standard InChI is InChI=1S/C12H14BrN3O2/c1-2-15-7-9(13)5-11(15)12(17)16-3-4-18-10(6-14)8-16/h5,7,10H,2-4,8H2,1H3. The molecule has 1 fully saturated rings. The highest BCUT2D eigenvalue weighted by atomic mass is 79.9. The van der Waals surface area contributed by atoms with E-state index in [1.54, 1.807) is 4.90 Å². The molecule has 18 heavy (non-hydrogen) atoms. The fourth-order valence-corrected chi connectivity index (χ4v) is 2.45. The van der Waals surface area contributed by atoms with Crippen molar-refractivity contribution in [2.24, 2.45) is 0 Å². The van der Waals surface area contributed by atoms with E-state index in [0.29, 0.717) is 25.4 Å². The SMILES string of the molecule is CCn1cc(Br)cc1C(=O)N1CCOC(C#N)C1. The van der Waals surface area contributed by atoms with Crippen molar-refractivity contribution in [3.63, 3.8) is 0 Å². The Bertz CT molecular complexity index is 492. The summed E-state index contributed by atoms with van der Waals surface area (Å²) in [5, 5.41) is 8.84. The largest absolute Gasteiger partial charge is 0.360 e. The van der Waals surface area contributed by atoms with E-state index < -0.39 is 6.10 Å². The zero-order valence-corrected chi connectivity index (χ0v) is 11.7. The maximum atomic E-state index is 12.4. The fraction of sp³-hybridized carbons (Fsp3) is 0.500. The summed E-state index contributed by atoms with van der Waals surface area (Å²) in [5.41, 5.74) is 0.642.